The number of nitrogens with one attached hydrogen (secondary N) is 1. The molecule has 1 aromatic carbocycles. The molecular formula is C15H14IN3O3. The molecule has 1 amide bonds. The zero-order valence-corrected chi connectivity index (χ0v) is 13.9. The van der Waals surface area contributed by atoms with Crippen molar-refractivity contribution in [3.8, 4) is 11.5 Å². The number of ether oxygens (including phenoxy) is 1. The average Bonchev–Trinajstić information content (AvgIpc) is 2.52. The summed E-state index contributed by atoms with van der Waals surface area (Å²) in [5.74, 6) is -0.00409. The maximum absolute atomic E-state index is 11.8. The van der Waals surface area contributed by atoms with Gasteiger partial charge in [0.05, 0.1) is 18.4 Å². The van der Waals surface area contributed by atoms with Crippen LogP contribution in [-0.2, 0) is 0 Å². The predicted molar refractivity (Wildman–Crippen MR) is 91.3 cm³/mol. The maximum atomic E-state index is 11.8. The molecule has 7 heteroatoms. The van der Waals surface area contributed by atoms with E-state index in [1.54, 1.807) is 30.5 Å². The monoisotopic (exact) mass is 411 g/mol. The van der Waals surface area contributed by atoms with Crippen LogP contribution in [0.5, 0.6) is 11.5 Å². The van der Waals surface area contributed by atoms with Gasteiger partial charge in [-0.15, -0.1) is 0 Å². The van der Waals surface area contributed by atoms with Crippen molar-refractivity contribution in [2.24, 2.45) is 5.10 Å². The molecule has 0 aliphatic rings. The number of phenolic OH excluding ortho intramolecular Hbond substituents is 1. The van der Waals surface area contributed by atoms with Crippen molar-refractivity contribution in [1.29, 1.82) is 0 Å². The van der Waals surface area contributed by atoms with Crippen molar-refractivity contribution in [1.82, 2.24) is 10.4 Å². The summed E-state index contributed by atoms with van der Waals surface area (Å²) in [6, 6.07) is 6.76. The van der Waals surface area contributed by atoms with Gasteiger partial charge >= 0.3 is 0 Å². The summed E-state index contributed by atoms with van der Waals surface area (Å²) in [6.45, 7) is 2.28. The summed E-state index contributed by atoms with van der Waals surface area (Å²) >= 11 is 2.11. The Kier molecular flexibility index (Phi) is 5.70. The van der Waals surface area contributed by atoms with Gasteiger partial charge < -0.3 is 9.84 Å². The fourth-order valence-corrected chi connectivity index (χ4v) is 2.30. The van der Waals surface area contributed by atoms with Crippen LogP contribution >= 0.6 is 22.6 Å². The maximum Gasteiger partial charge on any atom is 0.272 e. The Morgan fingerprint density at radius 2 is 2.36 bits per heavy atom. The average molecular weight is 411 g/mol. The number of hydrogen-bond acceptors (Lipinski definition) is 5. The SMILES string of the molecule is CCOc1cc(I)cc(C=NNC(=O)c2cccnc2)c1O. The van der Waals surface area contributed by atoms with Crippen LogP contribution in [0.2, 0.25) is 0 Å². The Morgan fingerprint density at radius 3 is 3.05 bits per heavy atom. The van der Waals surface area contributed by atoms with Crippen molar-refractivity contribution in [3.05, 3.63) is 51.4 Å². The molecule has 2 rings (SSSR count). The van der Waals surface area contributed by atoms with Crippen LogP contribution in [0.25, 0.3) is 0 Å². The second-order valence-electron chi connectivity index (χ2n) is 4.22. The third-order valence-electron chi connectivity index (χ3n) is 2.66. The zero-order valence-electron chi connectivity index (χ0n) is 11.8. The minimum Gasteiger partial charge on any atom is -0.504 e. The number of carbonyl (C=O) groups excluding carboxylic acids is 1. The number of rotatable bonds is 5. The second-order valence-corrected chi connectivity index (χ2v) is 5.46. The smallest absolute Gasteiger partial charge is 0.272 e. The molecule has 6 nitrogen and oxygen atoms in total. The third-order valence-corrected chi connectivity index (χ3v) is 3.29. The van der Waals surface area contributed by atoms with Crippen molar-refractivity contribution in [2.75, 3.05) is 6.61 Å². The van der Waals surface area contributed by atoms with Gasteiger partial charge in [-0.1, -0.05) is 0 Å². The molecule has 0 radical (unpaired) electrons. The van der Waals surface area contributed by atoms with E-state index in [1.807, 2.05) is 6.92 Å². The van der Waals surface area contributed by atoms with Crippen molar-refractivity contribution < 1.29 is 14.6 Å². The van der Waals surface area contributed by atoms with Gasteiger partial charge in [-0.25, -0.2) is 5.43 Å². The highest BCUT2D eigenvalue weighted by Gasteiger charge is 2.09. The number of aromatic nitrogens is 1. The molecule has 0 fully saturated rings. The normalized spacial score (nSPS) is 10.6. The van der Waals surface area contributed by atoms with E-state index in [-0.39, 0.29) is 11.7 Å². The fraction of sp³-hybridized carbons (Fsp3) is 0.133. The van der Waals surface area contributed by atoms with Gasteiger partial charge in [-0.05, 0) is 53.8 Å². The molecule has 0 aliphatic heterocycles. The number of halogens is 1. The molecule has 1 heterocycles. The van der Waals surface area contributed by atoms with E-state index in [0.717, 1.165) is 3.57 Å². The minimum atomic E-state index is -0.375. The van der Waals surface area contributed by atoms with Crippen molar-refractivity contribution in [3.63, 3.8) is 0 Å². The number of benzene rings is 1. The summed E-state index contributed by atoms with van der Waals surface area (Å²) in [4.78, 5) is 15.7. The van der Waals surface area contributed by atoms with Gasteiger partial charge in [0, 0.05) is 21.5 Å². The molecule has 2 N–H and O–H groups in total. The van der Waals surface area contributed by atoms with Gasteiger partial charge in [0.15, 0.2) is 11.5 Å². The minimum absolute atomic E-state index is 0.0124. The first-order valence-corrected chi connectivity index (χ1v) is 7.58. The summed E-state index contributed by atoms with van der Waals surface area (Å²) < 4.78 is 6.23. The van der Waals surface area contributed by atoms with Crippen LogP contribution in [0, 0.1) is 3.57 Å². The van der Waals surface area contributed by atoms with Crippen LogP contribution in [0.15, 0.2) is 41.8 Å². The van der Waals surface area contributed by atoms with E-state index in [4.69, 9.17) is 4.74 Å². The first-order valence-electron chi connectivity index (χ1n) is 6.50. The van der Waals surface area contributed by atoms with E-state index in [0.29, 0.717) is 23.5 Å². The lowest BCUT2D eigenvalue weighted by atomic mass is 10.2. The quantitative estimate of drug-likeness (QED) is 0.450. The Bertz CT molecular complexity index is 690. The predicted octanol–water partition coefficient (Wildman–Crippen LogP) is 2.55. The summed E-state index contributed by atoms with van der Waals surface area (Å²) in [6.07, 6.45) is 4.40. The van der Waals surface area contributed by atoms with Gasteiger partial charge in [0.25, 0.3) is 5.91 Å². The Labute approximate surface area is 141 Å². The largest absolute Gasteiger partial charge is 0.504 e. The van der Waals surface area contributed by atoms with Crippen LogP contribution < -0.4 is 10.2 Å². The molecule has 114 valence electrons. The summed E-state index contributed by atoms with van der Waals surface area (Å²) in [5.41, 5.74) is 3.25. The van der Waals surface area contributed by atoms with Crippen molar-refractivity contribution in [2.45, 2.75) is 6.92 Å². The van der Waals surface area contributed by atoms with Crippen molar-refractivity contribution >= 4 is 34.7 Å². The highest BCUT2D eigenvalue weighted by molar-refractivity contribution is 14.1. The fourth-order valence-electron chi connectivity index (χ4n) is 1.68. The number of amides is 1. The number of carbonyl (C=O) groups is 1. The van der Waals surface area contributed by atoms with Gasteiger partial charge in [0.2, 0.25) is 0 Å². The third kappa shape index (κ3) is 4.17. The van der Waals surface area contributed by atoms with E-state index >= 15 is 0 Å². The number of phenols is 1. The molecule has 22 heavy (non-hydrogen) atoms. The van der Waals surface area contributed by atoms with E-state index < -0.39 is 0 Å². The molecule has 0 saturated heterocycles. The molecule has 0 unspecified atom stereocenters. The molecule has 0 atom stereocenters. The highest BCUT2D eigenvalue weighted by Crippen LogP contribution is 2.31. The van der Waals surface area contributed by atoms with Crippen LogP contribution in [-0.4, -0.2) is 28.8 Å². The Morgan fingerprint density at radius 1 is 1.55 bits per heavy atom. The molecule has 0 aliphatic carbocycles. The number of aromatic hydroxyl groups is 1. The zero-order chi connectivity index (χ0) is 15.9. The lowest BCUT2D eigenvalue weighted by Gasteiger charge is -2.08. The van der Waals surface area contributed by atoms with Crippen LogP contribution in [0.3, 0.4) is 0 Å². The first-order chi connectivity index (χ1) is 10.6. The molecule has 1 aromatic heterocycles. The Balaban J connectivity index is 2.12. The number of hydrazone groups is 1. The number of pyridine rings is 1. The number of hydrogen-bond donors (Lipinski definition) is 2. The lowest BCUT2D eigenvalue weighted by Crippen LogP contribution is -2.17. The van der Waals surface area contributed by atoms with Crippen LogP contribution in [0.1, 0.15) is 22.8 Å². The molecule has 2 aromatic rings. The molecule has 0 saturated carbocycles. The standard InChI is InChI=1S/C15H14IN3O3/c1-2-22-13-7-12(16)6-11(14(13)20)9-18-19-15(21)10-4-3-5-17-8-10/h3-9,20H,2H2,1H3,(H,19,21). The second kappa shape index (κ2) is 7.74. The molecule has 0 bridgehead atoms. The van der Waals surface area contributed by atoms with Gasteiger partial charge in [-0.2, -0.15) is 5.10 Å². The first kappa shape index (κ1) is 16.2. The number of nitrogens with zero attached hydrogens (tertiary/aromatic N) is 2. The van der Waals surface area contributed by atoms with Gasteiger partial charge in [-0.3, -0.25) is 9.78 Å². The van der Waals surface area contributed by atoms with E-state index in [1.165, 1.54) is 12.4 Å². The molecular weight excluding hydrogens is 397 g/mol. The van der Waals surface area contributed by atoms with Crippen LogP contribution in [0.4, 0.5) is 0 Å². The summed E-state index contributed by atoms with van der Waals surface area (Å²) in [5, 5.41) is 13.9. The van der Waals surface area contributed by atoms with E-state index in [9.17, 15) is 9.90 Å². The molecule has 0 spiro atoms. The Hall–Kier alpha value is -2.16. The van der Waals surface area contributed by atoms with Gasteiger partial charge in [0.1, 0.15) is 0 Å². The van der Waals surface area contributed by atoms with E-state index in [2.05, 4.69) is 38.1 Å². The highest BCUT2D eigenvalue weighted by atomic mass is 127. The topological polar surface area (TPSA) is 83.8 Å². The summed E-state index contributed by atoms with van der Waals surface area (Å²) in [7, 11) is 0. The lowest BCUT2D eigenvalue weighted by molar-refractivity contribution is 0.0954.